The van der Waals surface area contributed by atoms with E-state index in [1.54, 1.807) is 6.07 Å². The van der Waals surface area contributed by atoms with Gasteiger partial charge in [0.15, 0.2) is 0 Å². The second kappa shape index (κ2) is 27.0. The van der Waals surface area contributed by atoms with E-state index in [0.29, 0.717) is 108 Å². The molecule has 1 aliphatic carbocycles. The number of aryl methyl sites for hydroxylation is 1. The first-order valence-corrected chi connectivity index (χ1v) is 24.5. The fourth-order valence-corrected chi connectivity index (χ4v) is 10.6. The first-order valence-electron chi connectivity index (χ1n) is 22.6. The van der Waals surface area contributed by atoms with Crippen molar-refractivity contribution in [3.8, 4) is 0 Å². The summed E-state index contributed by atoms with van der Waals surface area (Å²) >= 11 is 5.56. The molecule has 2 saturated heterocycles. The van der Waals surface area contributed by atoms with Crippen molar-refractivity contribution in [3.63, 3.8) is 0 Å². The maximum Gasteiger partial charge on any atom is 0.315 e. The number of thioether (sulfide) groups is 1. The van der Waals surface area contributed by atoms with Gasteiger partial charge in [0.1, 0.15) is 0 Å². The highest BCUT2D eigenvalue weighted by molar-refractivity contribution is 9.10. The molecule has 2 aliphatic heterocycles. The van der Waals surface area contributed by atoms with E-state index in [1.165, 1.54) is 11.3 Å². The minimum Gasteiger partial charge on any atom is -0.379 e. The van der Waals surface area contributed by atoms with Crippen molar-refractivity contribution in [1.82, 2.24) is 36.5 Å². The van der Waals surface area contributed by atoms with E-state index in [4.69, 9.17) is 19.9 Å². The van der Waals surface area contributed by atoms with Crippen LogP contribution in [0.5, 0.6) is 0 Å². The Kier molecular flexibility index (Phi) is 21.6. The molecular weight excluding hydrogens is 881 g/mol. The zero-order valence-electron chi connectivity index (χ0n) is 36.4. The number of carbonyl (C=O) groups is 5. The van der Waals surface area contributed by atoms with Gasteiger partial charge >= 0.3 is 6.03 Å². The number of carbonyl (C=O) groups excluding carboxylic acids is 5. The van der Waals surface area contributed by atoms with Crippen LogP contribution in [0.3, 0.4) is 0 Å². The zero-order valence-corrected chi connectivity index (χ0v) is 38.8. The number of aromatic amines is 1. The molecule has 16 nitrogen and oxygen atoms in total. The van der Waals surface area contributed by atoms with Crippen LogP contribution in [-0.2, 0) is 41.4 Å². The number of hydrogen-bond acceptors (Lipinski definition) is 10. The number of fused-ring (bicyclic) bond motifs is 4. The first-order chi connectivity index (χ1) is 30.1. The van der Waals surface area contributed by atoms with Gasteiger partial charge in [-0.25, -0.2) is 4.79 Å². The number of benzene rings is 1. The zero-order chi connectivity index (χ0) is 44.1. The number of nitrogens with two attached hydrogens (primary N) is 1. The molecule has 0 bridgehead atoms. The van der Waals surface area contributed by atoms with Crippen LogP contribution < -0.4 is 32.3 Å². The minimum absolute atomic E-state index is 0.0207. The number of hydrogen-bond donors (Lipinski definition) is 7. The lowest BCUT2D eigenvalue weighted by Gasteiger charge is -2.27. The molecule has 1 aromatic heterocycles. The fourth-order valence-electron chi connectivity index (χ4n) is 8.49. The average molecular weight is 950 g/mol. The lowest BCUT2D eigenvalue weighted by atomic mass is 9.86. The molecule has 2 aromatic rings. The second-order valence-electron chi connectivity index (χ2n) is 16.7. The summed E-state index contributed by atoms with van der Waals surface area (Å²) in [5.41, 5.74) is 9.48. The molecule has 18 heteroatoms. The molecule has 1 unspecified atom stereocenters. The molecule has 6 amide bonds. The standard InChI is InChI=1S/C44H69BrN8O8S/c1-53(28-30-13-14-31-34(27-30)50-41-32(43(46)57)15-16-33(45)40(31)41)20-5-4-17-47-38(55)11-6-12-39(56)49-19-8-22-60-24-26-61-25-23-59-21-7-18-48-37(54)10-3-2-9-36-42-35(29-62-36)51-44(58)52-42/h15-16,30,35-36,42,50H,2-14,17-29H2,1H3,(H2,46,57)(H,47,55)(H,48,54)(H,49,56)(H2,51,52,58)/t30?,35-,36-,42-/m0/s1. The molecule has 0 saturated carbocycles. The summed E-state index contributed by atoms with van der Waals surface area (Å²) in [6.45, 7) is 6.65. The lowest BCUT2D eigenvalue weighted by molar-refractivity contribution is -0.123. The molecular formula is C44H69BrN8O8S. The largest absolute Gasteiger partial charge is 0.379 e. The minimum atomic E-state index is -0.422. The van der Waals surface area contributed by atoms with Gasteiger partial charge in [0.25, 0.3) is 5.91 Å². The predicted molar refractivity (Wildman–Crippen MR) is 245 cm³/mol. The number of H-pyrrole nitrogens is 1. The molecule has 346 valence electrons. The summed E-state index contributed by atoms with van der Waals surface area (Å²) in [5, 5.41) is 16.3. The van der Waals surface area contributed by atoms with Gasteiger partial charge in [0.05, 0.1) is 49.6 Å². The van der Waals surface area contributed by atoms with Gasteiger partial charge < -0.3 is 56.4 Å². The number of nitrogens with one attached hydrogen (secondary N) is 6. The third-order valence-electron chi connectivity index (χ3n) is 11.7. The highest BCUT2D eigenvalue weighted by atomic mass is 79.9. The van der Waals surface area contributed by atoms with Crippen molar-refractivity contribution in [3.05, 3.63) is 33.4 Å². The average Bonchev–Trinajstić information content (AvgIpc) is 3.93. The number of halogens is 1. The van der Waals surface area contributed by atoms with Gasteiger partial charge in [-0.1, -0.05) is 22.4 Å². The van der Waals surface area contributed by atoms with Crippen molar-refractivity contribution in [2.24, 2.45) is 11.7 Å². The topological polar surface area (TPSA) is 218 Å². The molecule has 1 aromatic carbocycles. The van der Waals surface area contributed by atoms with Gasteiger partial charge in [-0.2, -0.15) is 11.8 Å². The molecule has 4 atom stereocenters. The van der Waals surface area contributed by atoms with Crippen LogP contribution in [0.1, 0.15) is 98.7 Å². The van der Waals surface area contributed by atoms with Gasteiger partial charge in [0, 0.05) is 85.2 Å². The lowest BCUT2D eigenvalue weighted by Crippen LogP contribution is -2.36. The predicted octanol–water partition coefficient (Wildman–Crippen LogP) is 3.92. The molecule has 2 fully saturated rings. The number of primary amides is 1. The third-order valence-corrected chi connectivity index (χ3v) is 13.9. The van der Waals surface area contributed by atoms with Gasteiger partial charge in [-0.3, -0.25) is 19.2 Å². The summed E-state index contributed by atoms with van der Waals surface area (Å²) in [6, 6.07) is 4.07. The number of nitrogens with zero attached hydrogens (tertiary/aromatic N) is 1. The van der Waals surface area contributed by atoms with Crippen LogP contribution in [0.15, 0.2) is 16.6 Å². The van der Waals surface area contributed by atoms with Gasteiger partial charge in [0.2, 0.25) is 17.7 Å². The smallest absolute Gasteiger partial charge is 0.315 e. The maximum atomic E-state index is 12.3. The number of rotatable bonds is 31. The van der Waals surface area contributed by atoms with Crippen molar-refractivity contribution in [1.29, 1.82) is 0 Å². The highest BCUT2D eigenvalue weighted by Gasteiger charge is 2.42. The number of amides is 6. The summed E-state index contributed by atoms with van der Waals surface area (Å²) < 4.78 is 17.7. The quantitative estimate of drug-likeness (QED) is 0.0427. The Morgan fingerprint density at radius 1 is 0.823 bits per heavy atom. The fraction of sp³-hybridized carbons (Fsp3) is 0.705. The Balaban J connectivity index is 0.737. The van der Waals surface area contributed by atoms with E-state index in [1.807, 2.05) is 17.8 Å². The highest BCUT2D eigenvalue weighted by Crippen LogP contribution is 2.37. The first kappa shape index (κ1) is 49.6. The summed E-state index contributed by atoms with van der Waals surface area (Å²) in [6.07, 6.45) is 10.8. The summed E-state index contributed by atoms with van der Waals surface area (Å²) in [5.74, 6) is 1.05. The number of unbranched alkanes of at least 4 members (excludes halogenated alkanes) is 2. The molecule has 8 N–H and O–H groups in total. The molecule has 5 rings (SSSR count). The van der Waals surface area contributed by atoms with Gasteiger partial charge in [-0.15, -0.1) is 0 Å². The Labute approximate surface area is 378 Å². The summed E-state index contributed by atoms with van der Waals surface area (Å²) in [7, 11) is 2.15. The van der Waals surface area contributed by atoms with E-state index in [-0.39, 0.29) is 35.8 Å². The molecule has 0 radical (unpaired) electrons. The van der Waals surface area contributed by atoms with Crippen LogP contribution in [0.4, 0.5) is 4.79 Å². The van der Waals surface area contributed by atoms with E-state index in [2.05, 4.69) is 59.4 Å². The molecule has 62 heavy (non-hydrogen) atoms. The second-order valence-corrected chi connectivity index (χ2v) is 18.8. The van der Waals surface area contributed by atoms with Crippen LogP contribution in [0.25, 0.3) is 10.9 Å². The van der Waals surface area contributed by atoms with Gasteiger partial charge in [-0.05, 0) is 101 Å². The normalized spacial score (nSPS) is 19.2. The van der Waals surface area contributed by atoms with E-state index in [0.717, 1.165) is 92.0 Å². The molecule has 3 aliphatic rings. The molecule has 3 heterocycles. The Morgan fingerprint density at radius 2 is 1.45 bits per heavy atom. The number of ether oxygens (including phenoxy) is 3. The van der Waals surface area contributed by atoms with Crippen LogP contribution in [-0.4, -0.2) is 142 Å². The maximum absolute atomic E-state index is 12.3. The third kappa shape index (κ3) is 16.6. The SMILES string of the molecule is CN(CCCCNC(=O)CCCC(=O)NCCCOCCOCCOCCCNC(=O)CCCC[C@@H]1SC[C@@H]2NC(=O)N[C@@H]21)CC1CCc2c([nH]c3c(C(N)=O)ccc(Br)c23)C1. The number of urea groups is 1. The van der Waals surface area contributed by atoms with Crippen LogP contribution in [0, 0.1) is 5.92 Å². The van der Waals surface area contributed by atoms with Crippen molar-refractivity contribution in [2.45, 2.75) is 107 Å². The van der Waals surface area contributed by atoms with E-state index >= 15 is 0 Å². The van der Waals surface area contributed by atoms with Crippen LogP contribution in [0.2, 0.25) is 0 Å². The van der Waals surface area contributed by atoms with Crippen LogP contribution >= 0.6 is 27.7 Å². The Hall–Kier alpha value is -3.42. The monoisotopic (exact) mass is 948 g/mol. The number of aromatic nitrogens is 1. The van der Waals surface area contributed by atoms with Crippen molar-refractivity contribution in [2.75, 3.05) is 85.2 Å². The Morgan fingerprint density at radius 3 is 2.11 bits per heavy atom. The Bertz CT molecular complexity index is 1770. The van der Waals surface area contributed by atoms with E-state index in [9.17, 15) is 24.0 Å². The molecule has 0 spiro atoms. The van der Waals surface area contributed by atoms with Crippen molar-refractivity contribution < 1.29 is 38.2 Å². The summed E-state index contributed by atoms with van der Waals surface area (Å²) in [4.78, 5) is 65.9. The van der Waals surface area contributed by atoms with E-state index < -0.39 is 5.91 Å². The van der Waals surface area contributed by atoms with Crippen molar-refractivity contribution >= 4 is 68.3 Å².